The van der Waals surface area contributed by atoms with Crippen LogP contribution in [-0.4, -0.2) is 41.1 Å². The van der Waals surface area contributed by atoms with Crippen LogP contribution in [0.15, 0.2) is 47.4 Å². The summed E-state index contributed by atoms with van der Waals surface area (Å²) in [7, 11) is 0. The molecule has 164 valence electrons. The number of amides is 2. The summed E-state index contributed by atoms with van der Waals surface area (Å²) in [6, 6.07) is 12.6. The first-order chi connectivity index (χ1) is 15.3. The third kappa shape index (κ3) is 3.04. The average Bonchev–Trinajstić information content (AvgIpc) is 3.44. The zero-order valence-corrected chi connectivity index (χ0v) is 18.6. The van der Waals surface area contributed by atoms with Gasteiger partial charge in [-0.05, 0) is 49.2 Å². The maximum atomic E-state index is 13.3. The maximum absolute atomic E-state index is 13.3. The lowest BCUT2D eigenvalue weighted by atomic mass is 10.0. The Morgan fingerprint density at radius 1 is 1.09 bits per heavy atom. The van der Waals surface area contributed by atoms with Crippen LogP contribution in [0.3, 0.4) is 0 Å². The number of ketones is 1. The van der Waals surface area contributed by atoms with Gasteiger partial charge < -0.3 is 9.64 Å². The number of hydrogen-bond acceptors (Lipinski definition) is 6. The smallest absolute Gasteiger partial charge is 0.344 e. The molecule has 5 rings (SSSR count). The Bertz CT molecular complexity index is 1180. The van der Waals surface area contributed by atoms with Crippen molar-refractivity contribution in [3.63, 3.8) is 0 Å². The molecule has 0 aromatic heterocycles. The molecule has 0 N–H and O–H groups in total. The first-order valence-electron chi connectivity index (χ1n) is 10.6. The normalized spacial score (nSPS) is 21.8. The summed E-state index contributed by atoms with van der Waals surface area (Å²) in [5.74, 6) is -1.04. The van der Waals surface area contributed by atoms with E-state index in [1.165, 1.54) is 23.6 Å². The molecule has 0 bridgehead atoms. The van der Waals surface area contributed by atoms with E-state index in [0.717, 1.165) is 16.1 Å². The lowest BCUT2D eigenvalue weighted by Gasteiger charge is -2.29. The molecule has 0 saturated carbocycles. The molecular formula is C24H22N2O5S. The summed E-state index contributed by atoms with van der Waals surface area (Å²) in [6.45, 7) is 3.67. The molecule has 2 aromatic carbocycles. The fourth-order valence-electron chi connectivity index (χ4n) is 4.70. The standard InChI is InChI=1S/C24H22N2O5S/c1-14(22(29)17-7-8-18-16(13-17)10-12-25(18)15(2)27)31-23(30)24-11-9-21(28)26(24)19-5-3-4-6-20(19)32-24/h3-8,13-14H,9-12H2,1-2H3. The predicted octanol–water partition coefficient (Wildman–Crippen LogP) is 3.34. The highest BCUT2D eigenvalue weighted by atomic mass is 32.2. The van der Waals surface area contributed by atoms with Crippen molar-refractivity contribution >= 4 is 46.7 Å². The number of para-hydroxylation sites is 1. The zero-order valence-electron chi connectivity index (χ0n) is 17.8. The van der Waals surface area contributed by atoms with Crippen LogP contribution in [0, 0.1) is 0 Å². The molecule has 2 unspecified atom stereocenters. The Labute approximate surface area is 189 Å². The number of ether oxygens (including phenoxy) is 1. The molecule has 0 spiro atoms. The number of carbonyl (C=O) groups is 4. The topological polar surface area (TPSA) is 84.0 Å². The van der Waals surface area contributed by atoms with E-state index in [1.807, 2.05) is 24.3 Å². The van der Waals surface area contributed by atoms with Crippen molar-refractivity contribution in [3.05, 3.63) is 53.6 Å². The molecule has 3 heterocycles. The number of benzene rings is 2. The number of Topliss-reactive ketones (excluding diaryl/α,β-unsaturated/α-hetero) is 1. The molecule has 3 aliphatic rings. The Morgan fingerprint density at radius 3 is 2.66 bits per heavy atom. The lowest BCUT2D eigenvalue weighted by molar-refractivity contribution is -0.149. The van der Waals surface area contributed by atoms with Crippen LogP contribution in [0.4, 0.5) is 11.4 Å². The molecule has 8 heteroatoms. The number of anilines is 2. The minimum absolute atomic E-state index is 0.0323. The van der Waals surface area contributed by atoms with Crippen molar-refractivity contribution in [1.29, 1.82) is 0 Å². The second kappa shape index (κ2) is 7.48. The number of carbonyl (C=O) groups excluding carboxylic acids is 4. The number of thioether (sulfide) groups is 1. The third-order valence-electron chi connectivity index (χ3n) is 6.28. The predicted molar refractivity (Wildman–Crippen MR) is 120 cm³/mol. The van der Waals surface area contributed by atoms with Crippen LogP contribution in [0.25, 0.3) is 0 Å². The molecule has 1 fully saturated rings. The Morgan fingerprint density at radius 2 is 1.88 bits per heavy atom. The molecule has 7 nitrogen and oxygen atoms in total. The SMILES string of the molecule is CC(=O)N1CCc2cc(C(=O)C(C)OC(=O)C34CCC(=O)N3c3ccccc3S4)ccc21. The number of rotatable bonds is 4. The monoisotopic (exact) mass is 450 g/mol. The van der Waals surface area contributed by atoms with Gasteiger partial charge in [-0.15, -0.1) is 0 Å². The second-order valence-corrected chi connectivity index (χ2v) is 9.58. The largest absolute Gasteiger partial charge is 0.452 e. The highest BCUT2D eigenvalue weighted by molar-refractivity contribution is 8.02. The first-order valence-corrected chi connectivity index (χ1v) is 11.4. The second-order valence-electron chi connectivity index (χ2n) is 8.26. The van der Waals surface area contributed by atoms with Gasteiger partial charge in [0.2, 0.25) is 17.6 Å². The van der Waals surface area contributed by atoms with E-state index in [-0.39, 0.29) is 24.0 Å². The van der Waals surface area contributed by atoms with Crippen LogP contribution < -0.4 is 9.80 Å². The van der Waals surface area contributed by atoms with Crippen molar-refractivity contribution in [1.82, 2.24) is 0 Å². The van der Waals surface area contributed by atoms with Crippen LogP contribution in [0.2, 0.25) is 0 Å². The van der Waals surface area contributed by atoms with E-state index in [4.69, 9.17) is 4.74 Å². The number of hydrogen-bond donors (Lipinski definition) is 0. The summed E-state index contributed by atoms with van der Waals surface area (Å²) in [6.07, 6.45) is 0.280. The van der Waals surface area contributed by atoms with Crippen molar-refractivity contribution in [2.75, 3.05) is 16.3 Å². The fourth-order valence-corrected chi connectivity index (χ4v) is 6.10. The minimum atomic E-state index is -1.16. The van der Waals surface area contributed by atoms with Gasteiger partial charge in [0.1, 0.15) is 0 Å². The summed E-state index contributed by atoms with van der Waals surface area (Å²) >= 11 is 1.32. The van der Waals surface area contributed by atoms with E-state index in [1.54, 1.807) is 30.0 Å². The summed E-state index contributed by atoms with van der Waals surface area (Å²) < 4.78 is 5.65. The van der Waals surface area contributed by atoms with E-state index in [9.17, 15) is 19.2 Å². The van der Waals surface area contributed by atoms with Gasteiger partial charge in [0.25, 0.3) is 0 Å². The van der Waals surface area contributed by atoms with Crippen LogP contribution in [0.1, 0.15) is 42.6 Å². The van der Waals surface area contributed by atoms with Crippen molar-refractivity contribution < 1.29 is 23.9 Å². The Balaban J connectivity index is 1.35. The van der Waals surface area contributed by atoms with Crippen LogP contribution in [0.5, 0.6) is 0 Å². The lowest BCUT2D eigenvalue weighted by Crippen LogP contribution is -2.49. The van der Waals surface area contributed by atoms with Gasteiger partial charge in [0.15, 0.2) is 11.0 Å². The van der Waals surface area contributed by atoms with Gasteiger partial charge in [-0.3, -0.25) is 19.3 Å². The zero-order chi connectivity index (χ0) is 22.6. The van der Waals surface area contributed by atoms with Gasteiger partial charge in [0.05, 0.1) is 5.69 Å². The van der Waals surface area contributed by atoms with Gasteiger partial charge >= 0.3 is 5.97 Å². The summed E-state index contributed by atoms with van der Waals surface area (Å²) in [4.78, 5) is 53.5. The van der Waals surface area contributed by atoms with Crippen LogP contribution in [-0.2, 0) is 25.5 Å². The maximum Gasteiger partial charge on any atom is 0.344 e. The van der Waals surface area contributed by atoms with E-state index < -0.39 is 16.9 Å². The molecule has 0 radical (unpaired) electrons. The number of esters is 1. The molecule has 0 aliphatic carbocycles. The summed E-state index contributed by atoms with van der Waals surface area (Å²) in [5.41, 5.74) is 2.90. The molecule has 32 heavy (non-hydrogen) atoms. The van der Waals surface area contributed by atoms with Crippen molar-refractivity contribution in [2.45, 2.75) is 49.0 Å². The third-order valence-corrected chi connectivity index (χ3v) is 7.74. The van der Waals surface area contributed by atoms with Gasteiger partial charge in [-0.25, -0.2) is 4.79 Å². The molecule has 1 saturated heterocycles. The van der Waals surface area contributed by atoms with E-state index in [2.05, 4.69) is 0 Å². The van der Waals surface area contributed by atoms with Crippen LogP contribution >= 0.6 is 11.8 Å². The molecule has 2 aromatic rings. The molecule has 3 aliphatic heterocycles. The first kappa shape index (κ1) is 20.8. The number of nitrogens with zero attached hydrogens (tertiary/aromatic N) is 2. The van der Waals surface area contributed by atoms with Gasteiger partial charge in [-0.2, -0.15) is 0 Å². The molecular weight excluding hydrogens is 428 g/mol. The molecule has 2 amide bonds. The van der Waals surface area contributed by atoms with Crippen molar-refractivity contribution in [2.24, 2.45) is 0 Å². The Hall–Kier alpha value is -3.13. The highest BCUT2D eigenvalue weighted by Crippen LogP contribution is 2.56. The fraction of sp³-hybridized carbons (Fsp3) is 0.333. The Kier molecular flexibility index (Phi) is 4.85. The highest BCUT2D eigenvalue weighted by Gasteiger charge is 2.59. The minimum Gasteiger partial charge on any atom is -0.452 e. The van der Waals surface area contributed by atoms with E-state index in [0.29, 0.717) is 30.6 Å². The van der Waals surface area contributed by atoms with Gasteiger partial charge in [-0.1, -0.05) is 23.9 Å². The van der Waals surface area contributed by atoms with Gasteiger partial charge in [0, 0.05) is 42.5 Å². The average molecular weight is 451 g/mol. The van der Waals surface area contributed by atoms with Crippen molar-refractivity contribution in [3.8, 4) is 0 Å². The summed E-state index contributed by atoms with van der Waals surface area (Å²) in [5, 5.41) is 0. The molecule has 2 atom stereocenters. The quantitative estimate of drug-likeness (QED) is 0.525. The number of fused-ring (bicyclic) bond motifs is 4. The van der Waals surface area contributed by atoms with E-state index >= 15 is 0 Å².